The van der Waals surface area contributed by atoms with Crippen molar-refractivity contribution in [3.8, 4) is 67.3 Å². The van der Waals surface area contributed by atoms with E-state index in [1.165, 1.54) is 186 Å². The number of hydrogen-bond acceptors (Lipinski definition) is 1. The first-order valence-corrected chi connectivity index (χ1v) is 34.7. The number of rotatable bonds is 7. The zero-order chi connectivity index (χ0) is 64.7. The minimum Gasteiger partial charge on any atom is -0.309 e. The van der Waals surface area contributed by atoms with Crippen LogP contribution >= 0.6 is 11.3 Å². The van der Waals surface area contributed by atoms with Crippen molar-refractivity contribution >= 4 is 119 Å². The molecule has 460 valence electrons. The lowest BCUT2D eigenvalue weighted by molar-refractivity contribution is 0.661. The summed E-state index contributed by atoms with van der Waals surface area (Å²) >= 11 is 1.88. The molecule has 0 N–H and O–H groups in total. The molecule has 98 heavy (non-hydrogen) atoms. The Labute approximate surface area is 570 Å². The molecule has 0 saturated heterocycles. The highest BCUT2D eigenvalue weighted by Gasteiger charge is 2.36. The molecule has 0 unspecified atom stereocenters. The Balaban J connectivity index is 0.000000135. The number of aromatic nitrogens is 4. The average Bonchev–Trinajstić information content (AvgIpc) is 1.55. The van der Waals surface area contributed by atoms with Crippen molar-refractivity contribution in [1.82, 2.24) is 18.3 Å². The highest BCUT2D eigenvalue weighted by atomic mass is 32.1. The van der Waals surface area contributed by atoms with E-state index in [1.54, 1.807) is 0 Å². The van der Waals surface area contributed by atoms with Gasteiger partial charge in [0.15, 0.2) is 0 Å². The summed E-state index contributed by atoms with van der Waals surface area (Å²) in [7, 11) is 0. The zero-order valence-corrected chi connectivity index (χ0v) is 54.8. The van der Waals surface area contributed by atoms with E-state index in [0.717, 1.165) is 0 Å². The molecule has 21 rings (SSSR count). The quantitative estimate of drug-likeness (QED) is 0.152. The van der Waals surface area contributed by atoms with Crippen molar-refractivity contribution in [3.63, 3.8) is 0 Å². The van der Waals surface area contributed by atoms with Gasteiger partial charge in [-0.05, 0) is 189 Å². The summed E-state index contributed by atoms with van der Waals surface area (Å²) in [5.74, 6) is 0. The van der Waals surface area contributed by atoms with Gasteiger partial charge in [-0.15, -0.1) is 11.3 Å². The van der Waals surface area contributed by atoms with Crippen LogP contribution in [0.25, 0.3) is 175 Å². The summed E-state index contributed by atoms with van der Waals surface area (Å²) < 4.78 is 12.3. The highest BCUT2D eigenvalue weighted by Crippen LogP contribution is 2.52. The maximum absolute atomic E-state index is 2.48. The molecule has 0 atom stereocenters. The molecular weight excluding hydrogens is 1210 g/mol. The van der Waals surface area contributed by atoms with E-state index in [9.17, 15) is 0 Å². The number of fused-ring (bicyclic) bond motifs is 18. The second-order valence-electron chi connectivity index (χ2n) is 26.8. The number of thiophene rings is 1. The van der Waals surface area contributed by atoms with Crippen molar-refractivity contribution in [2.24, 2.45) is 0 Å². The summed E-state index contributed by atoms with van der Waals surface area (Å²) in [5, 5.41) is 12.9. The molecule has 20 aromatic rings. The monoisotopic (exact) mass is 1270 g/mol. The lowest BCUT2D eigenvalue weighted by atomic mass is 9.82. The predicted molar refractivity (Wildman–Crippen MR) is 417 cm³/mol. The van der Waals surface area contributed by atoms with Gasteiger partial charge in [-0.3, -0.25) is 0 Å². The molecule has 0 bridgehead atoms. The fraction of sp³-hybridized carbons (Fsp3) is 0.0323. The van der Waals surface area contributed by atoms with Crippen LogP contribution in [0, 0.1) is 0 Å². The number of para-hydroxylation sites is 5. The smallest absolute Gasteiger partial charge is 0.0555 e. The molecule has 5 heteroatoms. The summed E-state index contributed by atoms with van der Waals surface area (Å²) in [6.45, 7) is 4.74. The second-order valence-corrected chi connectivity index (χ2v) is 27.9. The number of hydrogen-bond donors (Lipinski definition) is 0. The minimum absolute atomic E-state index is 0.0867. The standard InChI is InChI=1S/C51H36N2.C42H26N2S/c1-51(2)45-20-9-6-17-39(45)42-31-44-43-30-36(34-23-26-37(27-24-34)52-47-21-10-7-18-40(47)41-19-8-11-22-48(41)52)25-28-49(43)53(50(44)32-46(42)51)38-16-12-15-35(29-38)33-13-4-3-5-14-33;1-3-11-29(12-4-1)43-37-17-9-7-15-31(37)33-23-27(19-21-38(33)43)28-20-22-39-34(24-28)35-25-36-32-16-8-10-18-41(32)45-42(36)26-40(35)44(39)30-13-5-2-6-14-30/h3-32H,1-2H3;1-26H. The topological polar surface area (TPSA) is 19.7 Å². The van der Waals surface area contributed by atoms with Crippen molar-refractivity contribution in [2.75, 3.05) is 0 Å². The first-order valence-electron chi connectivity index (χ1n) is 33.9. The zero-order valence-electron chi connectivity index (χ0n) is 54.0. The van der Waals surface area contributed by atoms with E-state index in [4.69, 9.17) is 0 Å². The van der Waals surface area contributed by atoms with E-state index < -0.39 is 0 Å². The molecule has 5 aromatic heterocycles. The van der Waals surface area contributed by atoms with Gasteiger partial charge in [0.25, 0.3) is 0 Å². The first kappa shape index (κ1) is 56.1. The van der Waals surface area contributed by atoms with Gasteiger partial charge in [0.05, 0.1) is 44.1 Å². The molecule has 1 aliphatic carbocycles. The molecule has 15 aromatic carbocycles. The van der Waals surface area contributed by atoms with Gasteiger partial charge in [-0.1, -0.05) is 220 Å². The Morgan fingerprint density at radius 1 is 0.204 bits per heavy atom. The Morgan fingerprint density at radius 3 is 1.20 bits per heavy atom. The Kier molecular flexibility index (Phi) is 12.5. The summed E-state index contributed by atoms with van der Waals surface area (Å²) in [6, 6.07) is 125. The summed E-state index contributed by atoms with van der Waals surface area (Å²) in [5.41, 5.74) is 27.2. The SMILES string of the molecule is CC1(C)c2ccccc2-c2cc3c4cc(-c5ccc(-n6c7ccccc7c7ccccc76)cc5)ccc4n(-c4cccc(-c5ccccc5)c4)c3cc21.c1ccc(-n2c3ccccc3c3cc(-c4ccc5c(c4)c4cc6c(cc4n5-c4ccccc4)sc4ccccc46)ccc32)cc1. The predicted octanol–water partition coefficient (Wildman–Crippen LogP) is 25.4. The van der Waals surface area contributed by atoms with Gasteiger partial charge in [-0.25, -0.2) is 0 Å². The van der Waals surface area contributed by atoms with Gasteiger partial charge >= 0.3 is 0 Å². The van der Waals surface area contributed by atoms with E-state index in [2.05, 4.69) is 372 Å². The molecule has 1 aliphatic rings. The van der Waals surface area contributed by atoms with Gasteiger partial charge in [0.1, 0.15) is 0 Å². The Morgan fingerprint density at radius 2 is 0.592 bits per heavy atom. The normalized spacial score (nSPS) is 12.7. The van der Waals surface area contributed by atoms with Gasteiger partial charge in [-0.2, -0.15) is 0 Å². The maximum Gasteiger partial charge on any atom is 0.0555 e. The van der Waals surface area contributed by atoms with Crippen LogP contribution in [0.2, 0.25) is 0 Å². The van der Waals surface area contributed by atoms with E-state index >= 15 is 0 Å². The maximum atomic E-state index is 2.48. The lowest BCUT2D eigenvalue weighted by Gasteiger charge is -2.21. The van der Waals surface area contributed by atoms with Crippen LogP contribution in [0.4, 0.5) is 0 Å². The van der Waals surface area contributed by atoms with Crippen molar-refractivity contribution in [1.29, 1.82) is 0 Å². The fourth-order valence-electron chi connectivity index (χ4n) is 16.4. The first-order chi connectivity index (χ1) is 48.4. The fourth-order valence-corrected chi connectivity index (χ4v) is 17.5. The van der Waals surface area contributed by atoms with E-state index in [-0.39, 0.29) is 5.41 Å². The van der Waals surface area contributed by atoms with Crippen molar-refractivity contribution in [3.05, 3.63) is 351 Å². The molecule has 4 nitrogen and oxygen atoms in total. The van der Waals surface area contributed by atoms with Crippen LogP contribution in [0.1, 0.15) is 25.0 Å². The molecule has 0 spiro atoms. The van der Waals surface area contributed by atoms with Crippen LogP contribution in [-0.2, 0) is 5.41 Å². The van der Waals surface area contributed by atoms with Crippen LogP contribution in [0.3, 0.4) is 0 Å². The van der Waals surface area contributed by atoms with Gasteiger partial charge in [0.2, 0.25) is 0 Å². The lowest BCUT2D eigenvalue weighted by Crippen LogP contribution is -2.14. The molecule has 0 amide bonds. The van der Waals surface area contributed by atoms with Crippen molar-refractivity contribution in [2.45, 2.75) is 19.3 Å². The second kappa shape index (κ2) is 21.9. The third kappa shape index (κ3) is 8.62. The Bertz CT molecular complexity index is 6560. The third-order valence-corrected chi connectivity index (χ3v) is 22.2. The van der Waals surface area contributed by atoms with E-state index in [1.807, 2.05) is 11.3 Å². The van der Waals surface area contributed by atoms with Crippen LogP contribution in [-0.4, -0.2) is 18.3 Å². The van der Waals surface area contributed by atoms with Crippen LogP contribution in [0.5, 0.6) is 0 Å². The summed E-state index contributed by atoms with van der Waals surface area (Å²) in [6.07, 6.45) is 0. The Hall–Kier alpha value is -12.3. The molecule has 0 saturated carbocycles. The number of nitrogens with zero attached hydrogens (tertiary/aromatic N) is 4. The molecule has 0 aliphatic heterocycles. The molecular formula is C93H62N4S. The largest absolute Gasteiger partial charge is 0.309 e. The van der Waals surface area contributed by atoms with Crippen molar-refractivity contribution < 1.29 is 0 Å². The average molecular weight is 1270 g/mol. The van der Waals surface area contributed by atoms with Crippen LogP contribution < -0.4 is 0 Å². The van der Waals surface area contributed by atoms with E-state index in [0.29, 0.717) is 0 Å². The summed E-state index contributed by atoms with van der Waals surface area (Å²) in [4.78, 5) is 0. The highest BCUT2D eigenvalue weighted by molar-refractivity contribution is 7.25. The molecule has 0 fully saturated rings. The van der Waals surface area contributed by atoms with Gasteiger partial charge < -0.3 is 18.3 Å². The third-order valence-electron chi connectivity index (χ3n) is 21.0. The van der Waals surface area contributed by atoms with Crippen LogP contribution in [0.15, 0.2) is 340 Å². The number of benzene rings is 15. The molecule has 5 heterocycles. The van der Waals surface area contributed by atoms with Gasteiger partial charge in [0, 0.05) is 91.4 Å². The minimum atomic E-state index is -0.0867. The molecule has 0 radical (unpaired) electrons.